The topological polar surface area (TPSA) is 69.8 Å². The summed E-state index contributed by atoms with van der Waals surface area (Å²) in [6.45, 7) is 0.396. The summed E-state index contributed by atoms with van der Waals surface area (Å²) in [6, 6.07) is 7.67. The first-order valence-electron chi connectivity index (χ1n) is 6.31. The Morgan fingerprint density at radius 3 is 2.25 bits per heavy atom. The Morgan fingerprint density at radius 2 is 1.85 bits per heavy atom. The van der Waals surface area contributed by atoms with Gasteiger partial charge in [0.25, 0.3) is 0 Å². The second-order valence-electron chi connectivity index (χ2n) is 4.92. The fraction of sp³-hybridized carbons (Fsp3) is 0.429. The molecular formula is C14H21N3O2S. The van der Waals surface area contributed by atoms with Gasteiger partial charge in [-0.05, 0) is 24.7 Å². The van der Waals surface area contributed by atoms with E-state index in [1.807, 2.05) is 55.2 Å². The number of likely N-dealkylation sites (N-methyl/N-ethyl adjacent to an activating group) is 1. The molecule has 0 saturated carbocycles. The van der Waals surface area contributed by atoms with Crippen LogP contribution in [-0.2, 0) is 4.79 Å². The minimum Gasteiger partial charge on any atom is -0.481 e. The van der Waals surface area contributed by atoms with E-state index in [1.54, 1.807) is 0 Å². The van der Waals surface area contributed by atoms with Gasteiger partial charge in [-0.3, -0.25) is 9.69 Å². The number of aliphatic carboxylic acids is 1. The third-order valence-corrected chi connectivity index (χ3v) is 3.34. The van der Waals surface area contributed by atoms with E-state index >= 15 is 0 Å². The van der Waals surface area contributed by atoms with Crippen LogP contribution in [0.25, 0.3) is 0 Å². The first-order valence-corrected chi connectivity index (χ1v) is 6.72. The molecule has 0 heterocycles. The molecule has 1 rings (SSSR count). The summed E-state index contributed by atoms with van der Waals surface area (Å²) in [6.07, 6.45) is 0.0609. The Labute approximate surface area is 125 Å². The van der Waals surface area contributed by atoms with Crippen molar-refractivity contribution in [3.63, 3.8) is 0 Å². The normalized spacial score (nSPS) is 12.2. The number of nitrogens with two attached hydrogens (primary N) is 1. The highest BCUT2D eigenvalue weighted by Crippen LogP contribution is 2.22. The van der Waals surface area contributed by atoms with Crippen molar-refractivity contribution in [1.29, 1.82) is 0 Å². The lowest BCUT2D eigenvalue weighted by Gasteiger charge is -2.27. The van der Waals surface area contributed by atoms with Crippen LogP contribution in [0.15, 0.2) is 24.3 Å². The van der Waals surface area contributed by atoms with E-state index in [2.05, 4.69) is 0 Å². The van der Waals surface area contributed by atoms with Crippen LogP contribution in [-0.4, -0.2) is 48.7 Å². The molecule has 3 N–H and O–H groups in total. The maximum Gasteiger partial charge on any atom is 0.304 e. The van der Waals surface area contributed by atoms with Crippen molar-refractivity contribution in [2.45, 2.75) is 12.5 Å². The molecule has 110 valence electrons. The molecule has 20 heavy (non-hydrogen) atoms. The molecule has 0 aliphatic heterocycles. The summed E-state index contributed by atoms with van der Waals surface area (Å²) in [7, 11) is 5.77. The summed E-state index contributed by atoms with van der Waals surface area (Å²) in [5.74, 6) is -0.832. The SMILES string of the molecule is CN(C)c1ccc(C(C(N)=S)N(C)CCC(=O)O)cc1. The van der Waals surface area contributed by atoms with Crippen LogP contribution in [0.4, 0.5) is 5.69 Å². The third kappa shape index (κ3) is 4.47. The van der Waals surface area contributed by atoms with E-state index in [-0.39, 0.29) is 12.5 Å². The van der Waals surface area contributed by atoms with E-state index in [1.165, 1.54) is 0 Å². The van der Waals surface area contributed by atoms with Crippen molar-refractivity contribution in [3.05, 3.63) is 29.8 Å². The number of rotatable bonds is 7. The molecule has 0 aliphatic carbocycles. The van der Waals surface area contributed by atoms with Crippen LogP contribution < -0.4 is 10.6 Å². The minimum atomic E-state index is -0.832. The fourth-order valence-electron chi connectivity index (χ4n) is 1.99. The number of thiocarbonyl (C=S) groups is 1. The molecule has 1 unspecified atom stereocenters. The molecule has 0 aliphatic rings. The van der Waals surface area contributed by atoms with Gasteiger partial charge in [-0.2, -0.15) is 0 Å². The van der Waals surface area contributed by atoms with Crippen LogP contribution in [0.3, 0.4) is 0 Å². The Morgan fingerprint density at radius 1 is 1.30 bits per heavy atom. The summed E-state index contributed by atoms with van der Waals surface area (Å²) >= 11 is 5.12. The number of carboxylic acid groups (broad SMARTS) is 1. The number of benzene rings is 1. The maximum atomic E-state index is 10.7. The molecule has 0 bridgehead atoms. The Bertz CT molecular complexity index is 474. The molecule has 1 atom stereocenters. The van der Waals surface area contributed by atoms with Crippen molar-refractivity contribution in [1.82, 2.24) is 4.90 Å². The number of carboxylic acids is 1. The lowest BCUT2D eigenvalue weighted by molar-refractivity contribution is -0.137. The highest BCUT2D eigenvalue weighted by molar-refractivity contribution is 7.80. The summed E-state index contributed by atoms with van der Waals surface area (Å²) in [4.78, 5) is 14.9. The third-order valence-electron chi connectivity index (χ3n) is 3.11. The molecule has 0 fully saturated rings. The van der Waals surface area contributed by atoms with Gasteiger partial charge in [0.15, 0.2) is 0 Å². The molecule has 6 heteroatoms. The second kappa shape index (κ2) is 7.21. The van der Waals surface area contributed by atoms with Crippen molar-refractivity contribution in [2.75, 3.05) is 32.6 Å². The van der Waals surface area contributed by atoms with Crippen LogP contribution in [0.2, 0.25) is 0 Å². The van der Waals surface area contributed by atoms with Crippen molar-refractivity contribution < 1.29 is 9.90 Å². The van der Waals surface area contributed by atoms with Gasteiger partial charge in [0.05, 0.1) is 17.5 Å². The van der Waals surface area contributed by atoms with Gasteiger partial charge in [-0.15, -0.1) is 0 Å². The minimum absolute atomic E-state index is 0.0609. The second-order valence-corrected chi connectivity index (χ2v) is 5.39. The molecule has 0 saturated heterocycles. The number of hydrogen-bond acceptors (Lipinski definition) is 4. The molecule has 5 nitrogen and oxygen atoms in total. The van der Waals surface area contributed by atoms with E-state index in [9.17, 15) is 4.79 Å². The first kappa shape index (κ1) is 16.4. The molecule has 0 amide bonds. The summed E-state index contributed by atoms with van der Waals surface area (Å²) in [5, 5.41) is 8.75. The average Bonchev–Trinajstić information content (AvgIpc) is 2.36. The largest absolute Gasteiger partial charge is 0.481 e. The first-order chi connectivity index (χ1) is 9.32. The highest BCUT2D eigenvalue weighted by Gasteiger charge is 2.20. The van der Waals surface area contributed by atoms with Crippen molar-refractivity contribution in [2.24, 2.45) is 5.73 Å². The molecule has 0 aromatic heterocycles. The highest BCUT2D eigenvalue weighted by atomic mass is 32.1. The predicted molar refractivity (Wildman–Crippen MR) is 85.2 cm³/mol. The van der Waals surface area contributed by atoms with Gasteiger partial charge in [0.1, 0.15) is 0 Å². The lowest BCUT2D eigenvalue weighted by Crippen LogP contribution is -2.35. The molecular weight excluding hydrogens is 274 g/mol. The zero-order valence-corrected chi connectivity index (χ0v) is 12.9. The van der Waals surface area contributed by atoms with E-state index in [0.29, 0.717) is 11.5 Å². The zero-order valence-electron chi connectivity index (χ0n) is 12.0. The van der Waals surface area contributed by atoms with E-state index in [0.717, 1.165) is 11.3 Å². The quantitative estimate of drug-likeness (QED) is 0.743. The standard InChI is InChI=1S/C14H21N3O2S/c1-16(2)11-6-4-10(5-7-11)13(14(15)20)17(3)9-8-12(18)19/h4-7,13H,8-9H2,1-3H3,(H2,15,20)(H,18,19). The van der Waals surface area contributed by atoms with E-state index < -0.39 is 5.97 Å². The van der Waals surface area contributed by atoms with Crippen LogP contribution in [0.5, 0.6) is 0 Å². The lowest BCUT2D eigenvalue weighted by atomic mass is 10.0. The fourth-order valence-corrected chi connectivity index (χ4v) is 2.31. The van der Waals surface area contributed by atoms with Gasteiger partial charge in [-0.1, -0.05) is 24.4 Å². The molecule has 0 spiro atoms. The van der Waals surface area contributed by atoms with Crippen molar-refractivity contribution in [3.8, 4) is 0 Å². The summed E-state index contributed by atoms with van der Waals surface area (Å²) in [5.41, 5.74) is 7.86. The molecule has 0 radical (unpaired) electrons. The average molecular weight is 295 g/mol. The van der Waals surface area contributed by atoms with Crippen LogP contribution in [0.1, 0.15) is 18.0 Å². The van der Waals surface area contributed by atoms with Gasteiger partial charge < -0.3 is 15.7 Å². The molecule has 1 aromatic rings. The number of hydrogen-bond donors (Lipinski definition) is 2. The maximum absolute atomic E-state index is 10.7. The summed E-state index contributed by atoms with van der Waals surface area (Å²) < 4.78 is 0. The Balaban J connectivity index is 2.90. The van der Waals surface area contributed by atoms with Gasteiger partial charge in [-0.25, -0.2) is 0 Å². The number of anilines is 1. The number of carbonyl (C=O) groups is 1. The predicted octanol–water partition coefficient (Wildman–Crippen LogP) is 1.49. The monoisotopic (exact) mass is 295 g/mol. The number of nitrogens with zero attached hydrogens (tertiary/aromatic N) is 2. The Hall–Kier alpha value is -1.66. The van der Waals surface area contributed by atoms with Crippen LogP contribution >= 0.6 is 12.2 Å². The zero-order chi connectivity index (χ0) is 15.3. The van der Waals surface area contributed by atoms with E-state index in [4.69, 9.17) is 23.1 Å². The van der Waals surface area contributed by atoms with Gasteiger partial charge >= 0.3 is 5.97 Å². The van der Waals surface area contributed by atoms with Gasteiger partial charge in [0, 0.05) is 26.3 Å². The van der Waals surface area contributed by atoms with Crippen molar-refractivity contribution >= 4 is 28.9 Å². The van der Waals surface area contributed by atoms with Crippen LogP contribution in [0, 0.1) is 0 Å². The molecule has 1 aromatic carbocycles. The van der Waals surface area contributed by atoms with Gasteiger partial charge in [0.2, 0.25) is 0 Å². The Kier molecular flexibility index (Phi) is 5.91. The smallest absolute Gasteiger partial charge is 0.304 e.